The molecule has 1 amide bonds. The van der Waals surface area contributed by atoms with E-state index in [0.29, 0.717) is 12.8 Å². The Bertz CT molecular complexity index is 507. The molecule has 0 heterocycles. The van der Waals surface area contributed by atoms with E-state index < -0.39 is 5.41 Å². The van der Waals surface area contributed by atoms with Crippen molar-refractivity contribution < 1.29 is 4.79 Å². The lowest BCUT2D eigenvalue weighted by molar-refractivity contribution is -0.122. The first-order valence-corrected chi connectivity index (χ1v) is 7.53. The van der Waals surface area contributed by atoms with E-state index in [1.165, 1.54) is 0 Å². The van der Waals surface area contributed by atoms with E-state index in [1.807, 2.05) is 39.0 Å². The van der Waals surface area contributed by atoms with E-state index in [-0.39, 0.29) is 10.9 Å². The van der Waals surface area contributed by atoms with Gasteiger partial charge in [-0.1, -0.05) is 51.2 Å². The van der Waals surface area contributed by atoms with E-state index >= 15 is 0 Å². The second-order valence-electron chi connectivity index (χ2n) is 5.07. The lowest BCUT2D eigenvalue weighted by Crippen LogP contribution is -2.45. The molecule has 0 aliphatic carbocycles. The van der Waals surface area contributed by atoms with Crippen molar-refractivity contribution in [1.82, 2.24) is 0 Å². The number of carbonyl (C=O) groups is 1. The summed E-state index contributed by atoms with van der Waals surface area (Å²) in [5.41, 5.74) is 8.14. The molecule has 4 heteroatoms. The van der Waals surface area contributed by atoms with E-state index in [9.17, 15) is 4.79 Å². The summed E-state index contributed by atoms with van der Waals surface area (Å²) >= 11 is 5.13. The fourth-order valence-corrected chi connectivity index (χ4v) is 2.85. The zero-order chi connectivity index (χ0) is 15.3. The van der Waals surface area contributed by atoms with Crippen molar-refractivity contribution in [3.05, 3.63) is 29.3 Å². The van der Waals surface area contributed by atoms with E-state index in [0.717, 1.165) is 23.2 Å². The van der Waals surface area contributed by atoms with Gasteiger partial charge in [0.15, 0.2) is 0 Å². The number of anilines is 1. The van der Waals surface area contributed by atoms with Crippen molar-refractivity contribution in [1.29, 1.82) is 0 Å². The Hall–Kier alpha value is -1.42. The molecule has 0 aliphatic heterocycles. The molecule has 0 aliphatic rings. The van der Waals surface area contributed by atoms with E-state index in [4.69, 9.17) is 18.0 Å². The van der Waals surface area contributed by atoms with Gasteiger partial charge in [0.25, 0.3) is 0 Å². The number of nitrogens with one attached hydrogen (secondary N) is 1. The normalized spacial score (nSPS) is 11.2. The third-order valence-corrected chi connectivity index (χ3v) is 4.48. The molecule has 0 atom stereocenters. The van der Waals surface area contributed by atoms with Crippen LogP contribution in [0.5, 0.6) is 0 Å². The molecule has 0 aromatic heterocycles. The minimum Gasteiger partial charge on any atom is -0.392 e. The number of nitrogens with two attached hydrogens (primary N) is 1. The van der Waals surface area contributed by atoms with Crippen molar-refractivity contribution in [2.24, 2.45) is 11.1 Å². The highest BCUT2D eigenvalue weighted by Gasteiger charge is 2.38. The van der Waals surface area contributed by atoms with Crippen LogP contribution in [-0.2, 0) is 11.2 Å². The van der Waals surface area contributed by atoms with Gasteiger partial charge in [0.1, 0.15) is 0 Å². The van der Waals surface area contributed by atoms with Crippen LogP contribution >= 0.6 is 12.2 Å². The molecule has 1 rings (SSSR count). The highest BCUT2D eigenvalue weighted by atomic mass is 32.1. The van der Waals surface area contributed by atoms with Crippen molar-refractivity contribution >= 4 is 28.8 Å². The van der Waals surface area contributed by atoms with Gasteiger partial charge in [0.05, 0.1) is 10.4 Å². The van der Waals surface area contributed by atoms with Gasteiger partial charge in [-0.05, 0) is 37.3 Å². The summed E-state index contributed by atoms with van der Waals surface area (Å²) in [6.45, 7) is 7.96. The number of hydrogen-bond donors (Lipinski definition) is 2. The summed E-state index contributed by atoms with van der Waals surface area (Å²) in [5, 5.41) is 3.05. The largest absolute Gasteiger partial charge is 0.392 e. The van der Waals surface area contributed by atoms with Gasteiger partial charge in [-0.2, -0.15) is 0 Å². The summed E-state index contributed by atoms with van der Waals surface area (Å²) < 4.78 is 0. The van der Waals surface area contributed by atoms with Gasteiger partial charge in [-0.15, -0.1) is 0 Å². The van der Waals surface area contributed by atoms with Crippen LogP contribution in [0.4, 0.5) is 5.69 Å². The maximum Gasteiger partial charge on any atom is 0.237 e. The molecular formula is C16H24N2OS. The number of carbonyl (C=O) groups excluding carboxylic acids is 1. The number of rotatable bonds is 6. The average molecular weight is 292 g/mol. The summed E-state index contributed by atoms with van der Waals surface area (Å²) in [5.74, 6) is -0.0981. The maximum atomic E-state index is 12.7. The second-order valence-corrected chi connectivity index (χ2v) is 5.51. The molecule has 0 bridgehead atoms. The fourth-order valence-electron chi connectivity index (χ4n) is 2.47. The standard InChI is InChI=1S/C16H24N2OS/c1-5-12-10-8-9-11(4)13(12)18-15(19)16(6-2,7-3)14(17)20/h8-10H,5-7H2,1-4H3,(H2,17,20)(H,18,19). The summed E-state index contributed by atoms with van der Waals surface area (Å²) in [7, 11) is 0. The number of thiocarbonyl (C=S) groups is 1. The lowest BCUT2D eigenvalue weighted by Gasteiger charge is -2.29. The van der Waals surface area contributed by atoms with Crippen LogP contribution in [0.15, 0.2) is 18.2 Å². The summed E-state index contributed by atoms with van der Waals surface area (Å²) in [6, 6.07) is 6.03. The summed E-state index contributed by atoms with van der Waals surface area (Å²) in [6.07, 6.45) is 2.09. The predicted molar refractivity (Wildman–Crippen MR) is 89.0 cm³/mol. The van der Waals surface area contributed by atoms with Crippen molar-refractivity contribution in [2.75, 3.05) is 5.32 Å². The van der Waals surface area contributed by atoms with Gasteiger partial charge >= 0.3 is 0 Å². The van der Waals surface area contributed by atoms with Gasteiger partial charge in [-0.25, -0.2) is 0 Å². The average Bonchev–Trinajstić information content (AvgIpc) is 2.42. The lowest BCUT2D eigenvalue weighted by atomic mass is 9.81. The van der Waals surface area contributed by atoms with Gasteiger partial charge in [0, 0.05) is 5.69 Å². The number of amides is 1. The quantitative estimate of drug-likeness (QED) is 0.788. The maximum absolute atomic E-state index is 12.7. The Balaban J connectivity index is 3.15. The topological polar surface area (TPSA) is 55.1 Å². The minimum atomic E-state index is -0.761. The fraction of sp³-hybridized carbons (Fsp3) is 0.500. The Morgan fingerprint density at radius 1 is 1.30 bits per heavy atom. The molecule has 0 radical (unpaired) electrons. The number of aryl methyl sites for hydroxylation is 2. The molecule has 1 aromatic carbocycles. The summed E-state index contributed by atoms with van der Waals surface area (Å²) in [4.78, 5) is 12.9. The van der Waals surface area contributed by atoms with Crippen LogP contribution in [0.25, 0.3) is 0 Å². The highest BCUT2D eigenvalue weighted by Crippen LogP contribution is 2.30. The van der Waals surface area contributed by atoms with Crippen LogP contribution in [0, 0.1) is 12.3 Å². The van der Waals surface area contributed by atoms with Crippen molar-refractivity contribution in [2.45, 2.75) is 47.0 Å². The van der Waals surface area contributed by atoms with Crippen LogP contribution in [0.2, 0.25) is 0 Å². The zero-order valence-electron chi connectivity index (χ0n) is 12.7. The highest BCUT2D eigenvalue weighted by molar-refractivity contribution is 7.80. The Morgan fingerprint density at radius 2 is 1.90 bits per heavy atom. The third kappa shape index (κ3) is 3.01. The third-order valence-electron chi connectivity index (χ3n) is 4.09. The predicted octanol–water partition coefficient (Wildman–Crippen LogP) is 3.59. The Labute approximate surface area is 126 Å². The van der Waals surface area contributed by atoms with Crippen LogP contribution in [0.3, 0.4) is 0 Å². The SMILES string of the molecule is CCc1cccc(C)c1NC(=O)C(CC)(CC)C(N)=S. The molecule has 0 saturated heterocycles. The van der Waals surface area contributed by atoms with Crippen LogP contribution in [-0.4, -0.2) is 10.9 Å². The van der Waals surface area contributed by atoms with Gasteiger partial charge < -0.3 is 11.1 Å². The van der Waals surface area contributed by atoms with Gasteiger partial charge in [-0.3, -0.25) is 4.79 Å². The van der Waals surface area contributed by atoms with E-state index in [2.05, 4.69) is 12.2 Å². The molecule has 110 valence electrons. The molecule has 0 saturated carbocycles. The monoisotopic (exact) mass is 292 g/mol. The Morgan fingerprint density at radius 3 is 2.35 bits per heavy atom. The smallest absolute Gasteiger partial charge is 0.237 e. The molecule has 0 spiro atoms. The van der Waals surface area contributed by atoms with Crippen molar-refractivity contribution in [3.63, 3.8) is 0 Å². The second kappa shape index (κ2) is 6.84. The van der Waals surface area contributed by atoms with E-state index in [1.54, 1.807) is 0 Å². The molecule has 3 nitrogen and oxygen atoms in total. The van der Waals surface area contributed by atoms with Crippen molar-refractivity contribution in [3.8, 4) is 0 Å². The number of hydrogen-bond acceptors (Lipinski definition) is 2. The first-order valence-electron chi connectivity index (χ1n) is 7.12. The molecule has 0 unspecified atom stereocenters. The first-order chi connectivity index (χ1) is 9.42. The minimum absolute atomic E-state index is 0.0981. The number of benzene rings is 1. The Kier molecular flexibility index (Phi) is 5.69. The van der Waals surface area contributed by atoms with Crippen LogP contribution < -0.4 is 11.1 Å². The zero-order valence-corrected chi connectivity index (χ0v) is 13.6. The van der Waals surface area contributed by atoms with Crippen LogP contribution in [0.1, 0.15) is 44.7 Å². The number of para-hydroxylation sites is 1. The first kappa shape index (κ1) is 16.6. The molecule has 1 aromatic rings. The van der Waals surface area contributed by atoms with Gasteiger partial charge in [0.2, 0.25) is 5.91 Å². The molecular weight excluding hydrogens is 268 g/mol. The molecule has 0 fully saturated rings. The molecule has 3 N–H and O–H groups in total. The molecule has 20 heavy (non-hydrogen) atoms.